The molecule has 3 aromatic rings. The van der Waals surface area contributed by atoms with Crippen LogP contribution >= 0.6 is 11.3 Å². The van der Waals surface area contributed by atoms with Gasteiger partial charge < -0.3 is 19.1 Å². The first kappa shape index (κ1) is 19.4. The topological polar surface area (TPSA) is 88.8 Å². The Hall–Kier alpha value is -2.94. The number of ether oxygens (including phenoxy) is 1. The van der Waals surface area contributed by atoms with E-state index >= 15 is 0 Å². The summed E-state index contributed by atoms with van der Waals surface area (Å²) in [6, 6.07) is 5.83. The van der Waals surface area contributed by atoms with Crippen molar-refractivity contribution in [2.24, 2.45) is 0 Å². The average Bonchev–Trinajstić information content (AvgIpc) is 3.33. The van der Waals surface area contributed by atoms with Gasteiger partial charge in [-0.2, -0.15) is 0 Å². The minimum absolute atomic E-state index is 0.110. The predicted molar refractivity (Wildman–Crippen MR) is 109 cm³/mol. The third-order valence-electron chi connectivity index (χ3n) is 4.93. The van der Waals surface area contributed by atoms with Crippen molar-refractivity contribution in [2.45, 2.75) is 20.8 Å². The zero-order valence-corrected chi connectivity index (χ0v) is 17.4. The highest BCUT2D eigenvalue weighted by Gasteiger charge is 2.28. The Kier molecular flexibility index (Phi) is 5.23. The molecule has 0 unspecified atom stereocenters. The minimum atomic E-state index is -0.337. The molecule has 4 rings (SSSR count). The first-order valence-corrected chi connectivity index (χ1v) is 10.3. The van der Waals surface area contributed by atoms with E-state index in [0.717, 1.165) is 4.88 Å². The van der Waals surface area contributed by atoms with Crippen LogP contribution in [0.15, 0.2) is 22.7 Å². The number of aryl methyl sites for hydroxylation is 2. The number of carbonyl (C=O) groups is 2. The van der Waals surface area contributed by atoms with Gasteiger partial charge in [0.15, 0.2) is 0 Å². The summed E-state index contributed by atoms with van der Waals surface area (Å²) in [7, 11) is 0. The molecule has 1 saturated heterocycles. The summed E-state index contributed by atoms with van der Waals surface area (Å²) in [6.45, 7) is 7.72. The van der Waals surface area contributed by atoms with Crippen molar-refractivity contribution in [2.75, 3.05) is 32.8 Å². The number of hydrogen-bond acceptors (Lipinski definition) is 7. The fraction of sp³-hybridized carbons (Fsp3) is 0.400. The van der Waals surface area contributed by atoms with Crippen LogP contribution in [0.3, 0.4) is 0 Å². The van der Waals surface area contributed by atoms with E-state index in [1.165, 1.54) is 4.88 Å². The first-order chi connectivity index (χ1) is 14.0. The van der Waals surface area contributed by atoms with Gasteiger partial charge in [-0.3, -0.25) is 4.79 Å². The Labute approximate surface area is 172 Å². The van der Waals surface area contributed by atoms with Crippen LogP contribution in [0, 0.1) is 13.8 Å². The van der Waals surface area contributed by atoms with Gasteiger partial charge in [-0.1, -0.05) is 5.16 Å². The molecule has 0 aliphatic carbocycles. The van der Waals surface area contributed by atoms with Crippen LogP contribution < -0.4 is 0 Å². The predicted octanol–water partition coefficient (Wildman–Crippen LogP) is 3.48. The fourth-order valence-electron chi connectivity index (χ4n) is 3.44. The van der Waals surface area contributed by atoms with Gasteiger partial charge in [0.05, 0.1) is 33.8 Å². The molecule has 8 nitrogen and oxygen atoms in total. The Bertz CT molecular complexity index is 1070. The van der Waals surface area contributed by atoms with E-state index in [1.54, 1.807) is 35.0 Å². The van der Waals surface area contributed by atoms with Crippen LogP contribution in [0.2, 0.25) is 0 Å². The second-order valence-electron chi connectivity index (χ2n) is 6.89. The van der Waals surface area contributed by atoms with Crippen molar-refractivity contribution in [3.05, 3.63) is 34.3 Å². The molecule has 0 radical (unpaired) electrons. The van der Waals surface area contributed by atoms with Crippen molar-refractivity contribution < 1.29 is 18.8 Å². The number of fused-ring (bicyclic) bond motifs is 1. The molecule has 3 aromatic heterocycles. The van der Waals surface area contributed by atoms with E-state index in [2.05, 4.69) is 10.1 Å². The van der Waals surface area contributed by atoms with Crippen molar-refractivity contribution in [3.8, 4) is 10.6 Å². The lowest BCUT2D eigenvalue weighted by atomic mass is 10.1. The second kappa shape index (κ2) is 7.82. The van der Waals surface area contributed by atoms with Gasteiger partial charge in [0.1, 0.15) is 0 Å². The molecule has 0 atom stereocenters. The van der Waals surface area contributed by atoms with Gasteiger partial charge in [-0.05, 0) is 39.0 Å². The fourth-order valence-corrected chi connectivity index (χ4v) is 4.27. The number of hydrogen-bond donors (Lipinski definition) is 0. The summed E-state index contributed by atoms with van der Waals surface area (Å²) < 4.78 is 10.4. The summed E-state index contributed by atoms with van der Waals surface area (Å²) in [4.78, 5) is 35.3. The standard InChI is InChI=1S/C20H22N4O4S/c1-4-27-20(26)24-9-7-23(8-10-24)19(25)14-11-15(16-6-5-12(2)29-16)21-18-17(14)13(3)22-28-18/h5-6,11H,4,7-10H2,1-3H3. The third-order valence-corrected chi connectivity index (χ3v) is 5.96. The van der Waals surface area contributed by atoms with Gasteiger partial charge in [0.2, 0.25) is 0 Å². The van der Waals surface area contributed by atoms with E-state index in [4.69, 9.17) is 9.26 Å². The molecule has 4 heterocycles. The molecule has 152 valence electrons. The van der Waals surface area contributed by atoms with Gasteiger partial charge >= 0.3 is 6.09 Å². The lowest BCUT2D eigenvalue weighted by Gasteiger charge is -2.34. The zero-order chi connectivity index (χ0) is 20.5. The molecule has 29 heavy (non-hydrogen) atoms. The second-order valence-corrected chi connectivity index (χ2v) is 8.18. The lowest BCUT2D eigenvalue weighted by molar-refractivity contribution is 0.0572. The number of thiophene rings is 1. The molecule has 2 amide bonds. The molecule has 1 aliphatic heterocycles. The van der Waals surface area contributed by atoms with Crippen LogP contribution in [-0.4, -0.2) is 64.7 Å². The van der Waals surface area contributed by atoms with Crippen molar-refractivity contribution in [1.82, 2.24) is 19.9 Å². The molecule has 1 fully saturated rings. The Morgan fingerprint density at radius 1 is 1.17 bits per heavy atom. The summed E-state index contributed by atoms with van der Waals surface area (Å²) in [6.07, 6.45) is -0.337. The maximum absolute atomic E-state index is 13.4. The maximum atomic E-state index is 13.4. The van der Waals surface area contributed by atoms with Crippen LogP contribution in [0.25, 0.3) is 21.7 Å². The summed E-state index contributed by atoms with van der Waals surface area (Å²) >= 11 is 1.61. The van der Waals surface area contributed by atoms with E-state index < -0.39 is 0 Å². The number of nitrogens with zero attached hydrogens (tertiary/aromatic N) is 4. The number of amides is 2. The largest absolute Gasteiger partial charge is 0.450 e. The van der Waals surface area contributed by atoms with Gasteiger partial charge in [-0.15, -0.1) is 11.3 Å². The average molecular weight is 414 g/mol. The van der Waals surface area contributed by atoms with Crippen LogP contribution in [0.4, 0.5) is 4.79 Å². The molecule has 9 heteroatoms. The highest BCUT2D eigenvalue weighted by Crippen LogP contribution is 2.31. The first-order valence-electron chi connectivity index (χ1n) is 9.52. The molecule has 0 aromatic carbocycles. The number of pyridine rings is 1. The SMILES string of the molecule is CCOC(=O)N1CCN(C(=O)c2cc(-c3ccc(C)s3)nc3onc(C)c23)CC1. The molecule has 0 N–H and O–H groups in total. The van der Waals surface area contributed by atoms with Gasteiger partial charge in [-0.25, -0.2) is 9.78 Å². The Balaban J connectivity index is 1.64. The van der Waals surface area contributed by atoms with Crippen molar-refractivity contribution in [1.29, 1.82) is 0 Å². The normalized spacial score (nSPS) is 14.4. The molecular formula is C20H22N4O4S. The minimum Gasteiger partial charge on any atom is -0.450 e. The zero-order valence-electron chi connectivity index (χ0n) is 16.6. The molecule has 0 spiro atoms. The summed E-state index contributed by atoms with van der Waals surface area (Å²) in [5, 5.41) is 4.64. The molecule has 1 aliphatic rings. The summed E-state index contributed by atoms with van der Waals surface area (Å²) in [5.41, 5.74) is 2.22. The van der Waals surface area contributed by atoms with Crippen LogP contribution in [0.1, 0.15) is 27.9 Å². The highest BCUT2D eigenvalue weighted by atomic mass is 32.1. The quantitative estimate of drug-likeness (QED) is 0.652. The summed E-state index contributed by atoms with van der Waals surface area (Å²) in [5.74, 6) is -0.110. The van der Waals surface area contributed by atoms with Gasteiger partial charge in [0.25, 0.3) is 11.6 Å². The van der Waals surface area contributed by atoms with E-state index in [9.17, 15) is 9.59 Å². The van der Waals surface area contributed by atoms with Crippen LogP contribution in [-0.2, 0) is 4.74 Å². The molecule has 0 bridgehead atoms. The number of rotatable bonds is 3. The molecule has 0 saturated carbocycles. The highest BCUT2D eigenvalue weighted by molar-refractivity contribution is 7.15. The molecular weight excluding hydrogens is 392 g/mol. The van der Waals surface area contributed by atoms with E-state index in [1.807, 2.05) is 25.1 Å². The monoisotopic (exact) mass is 414 g/mol. The smallest absolute Gasteiger partial charge is 0.409 e. The van der Waals surface area contributed by atoms with E-state index in [-0.39, 0.29) is 12.0 Å². The van der Waals surface area contributed by atoms with E-state index in [0.29, 0.717) is 60.8 Å². The van der Waals surface area contributed by atoms with Crippen LogP contribution in [0.5, 0.6) is 0 Å². The van der Waals surface area contributed by atoms with Crippen molar-refractivity contribution >= 4 is 34.4 Å². The maximum Gasteiger partial charge on any atom is 0.409 e. The Morgan fingerprint density at radius 3 is 2.55 bits per heavy atom. The van der Waals surface area contributed by atoms with Gasteiger partial charge in [0, 0.05) is 31.1 Å². The van der Waals surface area contributed by atoms with Crippen molar-refractivity contribution in [3.63, 3.8) is 0 Å². The lowest BCUT2D eigenvalue weighted by Crippen LogP contribution is -2.50. The number of aromatic nitrogens is 2. The Morgan fingerprint density at radius 2 is 1.90 bits per heavy atom. The third kappa shape index (κ3) is 3.69. The number of carbonyl (C=O) groups excluding carboxylic acids is 2. The number of piperazine rings is 1.